The molecule has 0 aliphatic carbocycles. The molecule has 0 spiro atoms. The number of rotatable bonds is 5. The summed E-state index contributed by atoms with van der Waals surface area (Å²) in [5.41, 5.74) is 0.362. The van der Waals surface area contributed by atoms with E-state index < -0.39 is 0 Å². The number of nitrogens with zero attached hydrogens (tertiary/aromatic N) is 3. The highest BCUT2D eigenvalue weighted by Crippen LogP contribution is 2.30. The number of benzene rings is 1. The number of nitrogens with one attached hydrogen (secondary N) is 1. The van der Waals surface area contributed by atoms with Gasteiger partial charge in [-0.3, -0.25) is 4.79 Å². The Labute approximate surface area is 144 Å². The third-order valence-electron chi connectivity index (χ3n) is 3.09. The summed E-state index contributed by atoms with van der Waals surface area (Å²) in [7, 11) is 1.54. The average Bonchev–Trinajstić information content (AvgIpc) is 3.00. The molecular weight excluding hydrogens is 343 g/mol. The molecule has 0 radical (unpaired) electrons. The van der Waals surface area contributed by atoms with Gasteiger partial charge in [-0.2, -0.15) is 0 Å². The van der Waals surface area contributed by atoms with Crippen LogP contribution in [0.3, 0.4) is 0 Å². The van der Waals surface area contributed by atoms with Gasteiger partial charge < -0.3 is 19.0 Å². The third-order valence-corrected chi connectivity index (χ3v) is 3.09. The van der Waals surface area contributed by atoms with Gasteiger partial charge in [0, 0.05) is 18.5 Å². The van der Waals surface area contributed by atoms with Crippen LogP contribution in [-0.2, 0) is 6.54 Å². The summed E-state index contributed by atoms with van der Waals surface area (Å²) in [5, 5.41) is 0.469. The van der Waals surface area contributed by atoms with Crippen LogP contribution < -0.4 is 15.0 Å². The van der Waals surface area contributed by atoms with Crippen molar-refractivity contribution in [3.05, 3.63) is 47.5 Å². The lowest BCUT2D eigenvalue weighted by Crippen LogP contribution is -2.09. The van der Waals surface area contributed by atoms with Gasteiger partial charge in [0.2, 0.25) is 0 Å². The van der Waals surface area contributed by atoms with Crippen LogP contribution in [0.25, 0.3) is 10.9 Å². The molecule has 23 heavy (non-hydrogen) atoms. The van der Waals surface area contributed by atoms with Gasteiger partial charge in [-0.25, -0.2) is 9.97 Å². The Hall–Kier alpha value is -2.25. The zero-order chi connectivity index (χ0) is 14.7. The van der Waals surface area contributed by atoms with Gasteiger partial charge in [0.1, 0.15) is 6.61 Å². The van der Waals surface area contributed by atoms with Gasteiger partial charge in [-0.05, 0) is 6.07 Å². The zero-order valence-corrected chi connectivity index (χ0v) is 13.9. The molecular formula is C14H16Cl2N4O3. The van der Waals surface area contributed by atoms with Crippen molar-refractivity contribution in [1.82, 2.24) is 19.5 Å². The highest BCUT2D eigenvalue weighted by Gasteiger charge is 2.09. The summed E-state index contributed by atoms with van der Waals surface area (Å²) in [4.78, 5) is 22.4. The minimum atomic E-state index is -0.205. The van der Waals surface area contributed by atoms with Crippen LogP contribution in [0, 0.1) is 0 Å². The fourth-order valence-corrected chi connectivity index (χ4v) is 2.03. The number of fused-ring (bicyclic) bond motifs is 1. The van der Waals surface area contributed by atoms with E-state index in [9.17, 15) is 4.79 Å². The SMILES string of the molecule is COc1cc2c(=O)[nH]cnc2cc1OCCn1ccnc1.Cl.Cl. The van der Waals surface area contributed by atoms with Crippen molar-refractivity contribution in [2.45, 2.75) is 6.54 Å². The number of H-pyrrole nitrogens is 1. The maximum Gasteiger partial charge on any atom is 0.258 e. The standard InChI is InChI=1S/C14H14N4O3.2ClH/c1-20-12-6-10-11(16-8-17-14(10)19)7-13(12)21-5-4-18-3-2-15-9-18;;/h2-3,6-9H,4-5H2,1H3,(H,16,17,19);2*1H. The van der Waals surface area contributed by atoms with E-state index in [0.717, 1.165) is 0 Å². The van der Waals surface area contributed by atoms with Gasteiger partial charge in [0.05, 0.1) is 37.2 Å². The monoisotopic (exact) mass is 358 g/mol. The summed E-state index contributed by atoms with van der Waals surface area (Å²) in [6, 6.07) is 3.34. The van der Waals surface area contributed by atoms with Gasteiger partial charge in [-0.15, -0.1) is 24.8 Å². The number of ether oxygens (including phenoxy) is 2. The highest BCUT2D eigenvalue weighted by atomic mass is 35.5. The first-order valence-corrected chi connectivity index (χ1v) is 6.42. The molecule has 3 aromatic rings. The third kappa shape index (κ3) is 4.14. The molecule has 3 rings (SSSR count). The zero-order valence-electron chi connectivity index (χ0n) is 12.3. The lowest BCUT2D eigenvalue weighted by molar-refractivity contribution is 0.280. The molecule has 0 aliphatic heterocycles. The first kappa shape index (κ1) is 18.8. The van der Waals surface area contributed by atoms with Crippen LogP contribution in [0.1, 0.15) is 0 Å². The van der Waals surface area contributed by atoms with E-state index in [1.165, 1.54) is 13.4 Å². The smallest absolute Gasteiger partial charge is 0.258 e. The highest BCUT2D eigenvalue weighted by molar-refractivity contribution is 5.85. The summed E-state index contributed by atoms with van der Waals surface area (Å²) in [5.74, 6) is 1.06. The Morgan fingerprint density at radius 3 is 2.78 bits per heavy atom. The molecule has 9 heteroatoms. The number of hydrogen-bond acceptors (Lipinski definition) is 5. The molecule has 1 N–H and O–H groups in total. The largest absolute Gasteiger partial charge is 0.493 e. The molecule has 1 aromatic carbocycles. The van der Waals surface area contributed by atoms with Crippen molar-refractivity contribution in [3.63, 3.8) is 0 Å². The molecule has 7 nitrogen and oxygen atoms in total. The van der Waals surface area contributed by atoms with Crippen LogP contribution in [0.5, 0.6) is 11.5 Å². The van der Waals surface area contributed by atoms with Crippen molar-refractivity contribution in [1.29, 1.82) is 0 Å². The molecule has 0 saturated heterocycles. The van der Waals surface area contributed by atoms with E-state index in [4.69, 9.17) is 9.47 Å². The van der Waals surface area contributed by atoms with Crippen LogP contribution in [0.15, 0.2) is 42.0 Å². The van der Waals surface area contributed by atoms with E-state index >= 15 is 0 Å². The quantitative estimate of drug-likeness (QED) is 0.754. The van der Waals surface area contributed by atoms with Crippen molar-refractivity contribution in [3.8, 4) is 11.5 Å². The number of halogens is 2. The topological polar surface area (TPSA) is 82.0 Å². The number of imidazole rings is 1. The lowest BCUT2D eigenvalue weighted by Gasteiger charge is -2.11. The van der Waals surface area contributed by atoms with Crippen molar-refractivity contribution >= 4 is 35.7 Å². The Balaban J connectivity index is 0.00000132. The predicted molar refractivity (Wildman–Crippen MR) is 91.1 cm³/mol. The average molecular weight is 359 g/mol. The Morgan fingerprint density at radius 2 is 2.09 bits per heavy atom. The first-order chi connectivity index (χ1) is 10.3. The fourth-order valence-electron chi connectivity index (χ4n) is 2.03. The molecule has 0 bridgehead atoms. The van der Waals surface area contributed by atoms with Crippen molar-refractivity contribution < 1.29 is 9.47 Å². The Morgan fingerprint density at radius 1 is 1.26 bits per heavy atom. The summed E-state index contributed by atoms with van der Waals surface area (Å²) >= 11 is 0. The normalized spacial score (nSPS) is 9.78. The second-order valence-electron chi connectivity index (χ2n) is 4.40. The maximum absolute atomic E-state index is 11.7. The molecule has 2 heterocycles. The number of aromatic amines is 1. The van der Waals surface area contributed by atoms with E-state index in [2.05, 4.69) is 15.0 Å². The fraction of sp³-hybridized carbons (Fsp3) is 0.214. The van der Waals surface area contributed by atoms with E-state index in [0.29, 0.717) is 35.6 Å². The molecule has 124 valence electrons. The van der Waals surface area contributed by atoms with Crippen molar-refractivity contribution in [2.75, 3.05) is 13.7 Å². The molecule has 0 fully saturated rings. The predicted octanol–water partition coefficient (Wildman–Crippen LogP) is 2.05. The maximum atomic E-state index is 11.7. The van der Waals surface area contributed by atoms with Crippen LogP contribution in [-0.4, -0.2) is 33.2 Å². The lowest BCUT2D eigenvalue weighted by atomic mass is 10.2. The summed E-state index contributed by atoms with van der Waals surface area (Å²) in [6.45, 7) is 1.13. The molecule has 0 aliphatic rings. The Kier molecular flexibility index (Phi) is 6.87. The van der Waals surface area contributed by atoms with E-state index in [-0.39, 0.29) is 30.4 Å². The molecule has 0 amide bonds. The Bertz CT molecular complexity index is 805. The minimum absolute atomic E-state index is 0. The summed E-state index contributed by atoms with van der Waals surface area (Å²) < 4.78 is 12.9. The molecule has 0 unspecified atom stereocenters. The second-order valence-corrected chi connectivity index (χ2v) is 4.40. The van der Waals surface area contributed by atoms with Gasteiger partial charge in [0.15, 0.2) is 11.5 Å². The second kappa shape index (κ2) is 8.40. The van der Waals surface area contributed by atoms with Crippen molar-refractivity contribution in [2.24, 2.45) is 0 Å². The molecule has 0 saturated carbocycles. The van der Waals surface area contributed by atoms with Crippen LogP contribution >= 0.6 is 24.8 Å². The first-order valence-electron chi connectivity index (χ1n) is 6.42. The van der Waals surface area contributed by atoms with Crippen LogP contribution in [0.2, 0.25) is 0 Å². The minimum Gasteiger partial charge on any atom is -0.493 e. The van der Waals surface area contributed by atoms with Gasteiger partial charge >= 0.3 is 0 Å². The van der Waals surface area contributed by atoms with E-state index in [1.54, 1.807) is 24.7 Å². The van der Waals surface area contributed by atoms with Gasteiger partial charge in [-0.1, -0.05) is 0 Å². The number of methoxy groups -OCH3 is 1. The van der Waals surface area contributed by atoms with Crippen LogP contribution in [0.4, 0.5) is 0 Å². The summed E-state index contributed by atoms with van der Waals surface area (Å²) in [6.07, 6.45) is 6.67. The number of hydrogen-bond donors (Lipinski definition) is 1. The number of aromatic nitrogens is 4. The molecule has 2 aromatic heterocycles. The van der Waals surface area contributed by atoms with E-state index in [1.807, 2.05) is 10.8 Å². The molecule has 0 atom stereocenters. The van der Waals surface area contributed by atoms with Gasteiger partial charge in [0.25, 0.3) is 5.56 Å².